The Kier molecular flexibility index (Phi) is 3.97. The van der Waals surface area contributed by atoms with Crippen LogP contribution in [0.1, 0.15) is 25.7 Å². The molecule has 0 unspecified atom stereocenters. The van der Waals surface area contributed by atoms with Crippen LogP contribution >= 0.6 is 0 Å². The molecule has 0 radical (unpaired) electrons. The van der Waals surface area contributed by atoms with Gasteiger partial charge in [0, 0.05) is 12.6 Å². The molecule has 4 N–H and O–H groups in total. The summed E-state index contributed by atoms with van der Waals surface area (Å²) >= 11 is 0. The van der Waals surface area contributed by atoms with Gasteiger partial charge < -0.3 is 16.2 Å². The average molecular weight is 226 g/mol. The standard InChI is InChI=1S/C9H17F3N2O/c10-9(11,12)8(15-6-5-13)3-1-7(14)2-4-8/h7H,1-6,13-14H2/t7-,8-. The minimum Gasteiger partial charge on any atom is -0.364 e. The van der Waals surface area contributed by atoms with Crippen LogP contribution in [-0.2, 0) is 4.74 Å². The maximum absolute atomic E-state index is 12.8. The molecule has 0 bridgehead atoms. The lowest BCUT2D eigenvalue weighted by atomic mass is 9.81. The molecule has 90 valence electrons. The maximum atomic E-state index is 12.8. The van der Waals surface area contributed by atoms with Gasteiger partial charge in [-0.15, -0.1) is 0 Å². The first-order valence-corrected chi connectivity index (χ1v) is 5.07. The van der Waals surface area contributed by atoms with Gasteiger partial charge in [-0.1, -0.05) is 0 Å². The number of rotatable bonds is 3. The minimum atomic E-state index is -4.33. The zero-order chi connectivity index (χ0) is 11.5. The fraction of sp³-hybridized carbons (Fsp3) is 1.00. The first-order valence-electron chi connectivity index (χ1n) is 5.07. The Balaban J connectivity index is 2.69. The Hall–Kier alpha value is -0.330. The average Bonchev–Trinajstić information content (AvgIpc) is 2.16. The quantitative estimate of drug-likeness (QED) is 0.759. The molecule has 1 saturated carbocycles. The number of halogens is 3. The van der Waals surface area contributed by atoms with Gasteiger partial charge in [0.25, 0.3) is 0 Å². The summed E-state index contributed by atoms with van der Waals surface area (Å²) in [5, 5.41) is 0. The van der Waals surface area contributed by atoms with Crippen molar-refractivity contribution in [2.75, 3.05) is 13.2 Å². The molecule has 3 nitrogen and oxygen atoms in total. The molecule has 0 saturated heterocycles. The summed E-state index contributed by atoms with van der Waals surface area (Å²) in [5.74, 6) is 0. The predicted octanol–water partition coefficient (Wildman–Crippen LogP) is 1.16. The van der Waals surface area contributed by atoms with Gasteiger partial charge in [-0.3, -0.25) is 0 Å². The molecule has 1 rings (SSSR count). The molecule has 15 heavy (non-hydrogen) atoms. The largest absolute Gasteiger partial charge is 0.417 e. The van der Waals surface area contributed by atoms with Gasteiger partial charge in [-0.05, 0) is 25.7 Å². The van der Waals surface area contributed by atoms with E-state index < -0.39 is 11.8 Å². The van der Waals surface area contributed by atoms with E-state index in [4.69, 9.17) is 16.2 Å². The van der Waals surface area contributed by atoms with Gasteiger partial charge in [0.15, 0.2) is 5.60 Å². The second kappa shape index (κ2) is 4.67. The summed E-state index contributed by atoms with van der Waals surface area (Å²) in [4.78, 5) is 0. The number of ether oxygens (including phenoxy) is 1. The summed E-state index contributed by atoms with van der Waals surface area (Å²) in [7, 11) is 0. The molecule has 1 aliphatic carbocycles. The Morgan fingerprint density at radius 1 is 1.27 bits per heavy atom. The van der Waals surface area contributed by atoms with Gasteiger partial charge in [0.1, 0.15) is 0 Å². The highest BCUT2D eigenvalue weighted by Crippen LogP contribution is 2.43. The van der Waals surface area contributed by atoms with E-state index >= 15 is 0 Å². The van der Waals surface area contributed by atoms with E-state index in [1.165, 1.54) is 0 Å². The van der Waals surface area contributed by atoms with E-state index in [1.54, 1.807) is 0 Å². The van der Waals surface area contributed by atoms with Gasteiger partial charge in [-0.25, -0.2) is 0 Å². The second-order valence-electron chi connectivity index (χ2n) is 3.97. The van der Waals surface area contributed by atoms with Crippen LogP contribution in [0.2, 0.25) is 0 Å². The van der Waals surface area contributed by atoms with E-state index in [0.29, 0.717) is 12.8 Å². The summed E-state index contributed by atoms with van der Waals surface area (Å²) in [6.45, 7) is 0.0403. The lowest BCUT2D eigenvalue weighted by Gasteiger charge is -2.40. The van der Waals surface area contributed by atoms with E-state index in [1.807, 2.05) is 0 Å². The van der Waals surface area contributed by atoms with Gasteiger partial charge in [0.05, 0.1) is 6.61 Å². The van der Waals surface area contributed by atoms with Crippen LogP contribution < -0.4 is 11.5 Å². The number of hydrogen-bond acceptors (Lipinski definition) is 3. The summed E-state index contributed by atoms with van der Waals surface area (Å²) in [6.07, 6.45) is -3.74. The van der Waals surface area contributed by atoms with Crippen molar-refractivity contribution in [1.82, 2.24) is 0 Å². The van der Waals surface area contributed by atoms with Crippen molar-refractivity contribution < 1.29 is 17.9 Å². The molecular weight excluding hydrogens is 209 g/mol. The van der Waals surface area contributed by atoms with Gasteiger partial charge in [0.2, 0.25) is 0 Å². The van der Waals surface area contributed by atoms with Crippen molar-refractivity contribution in [3.8, 4) is 0 Å². The van der Waals surface area contributed by atoms with Crippen molar-refractivity contribution in [3.63, 3.8) is 0 Å². The first kappa shape index (κ1) is 12.7. The van der Waals surface area contributed by atoms with E-state index in [9.17, 15) is 13.2 Å². The van der Waals surface area contributed by atoms with Gasteiger partial charge >= 0.3 is 6.18 Å². The minimum absolute atomic E-state index is 0.0579. The molecule has 0 aromatic carbocycles. The molecule has 0 spiro atoms. The zero-order valence-corrected chi connectivity index (χ0v) is 8.52. The van der Waals surface area contributed by atoms with Gasteiger partial charge in [-0.2, -0.15) is 13.2 Å². The SMILES string of the molecule is NCCO[C@]1(C(F)(F)F)CC[C@@H](N)CC1. The van der Waals surface area contributed by atoms with Crippen LogP contribution in [0.15, 0.2) is 0 Å². The second-order valence-corrected chi connectivity index (χ2v) is 3.97. The Morgan fingerprint density at radius 2 is 1.80 bits per heavy atom. The van der Waals surface area contributed by atoms with Crippen molar-refractivity contribution >= 4 is 0 Å². The molecule has 1 fully saturated rings. The zero-order valence-electron chi connectivity index (χ0n) is 8.52. The third-order valence-corrected chi connectivity index (χ3v) is 2.85. The third kappa shape index (κ3) is 2.83. The highest BCUT2D eigenvalue weighted by Gasteiger charge is 2.56. The summed E-state index contributed by atoms with van der Waals surface area (Å²) in [5.41, 5.74) is 8.73. The Bertz CT molecular complexity index is 195. The molecular formula is C9H17F3N2O. The molecule has 0 aromatic rings. The monoisotopic (exact) mass is 226 g/mol. The lowest BCUT2D eigenvalue weighted by Crippen LogP contribution is -2.52. The third-order valence-electron chi connectivity index (χ3n) is 2.85. The van der Waals surface area contributed by atoms with Crippen molar-refractivity contribution in [3.05, 3.63) is 0 Å². The predicted molar refractivity (Wildman–Crippen MR) is 50.2 cm³/mol. The number of nitrogens with two attached hydrogens (primary N) is 2. The molecule has 0 heterocycles. The molecule has 0 aromatic heterocycles. The topological polar surface area (TPSA) is 61.3 Å². The molecule has 1 aliphatic rings. The summed E-state index contributed by atoms with van der Waals surface area (Å²) in [6, 6.07) is -0.137. The van der Waals surface area contributed by atoms with E-state index in [2.05, 4.69) is 0 Å². The fourth-order valence-corrected chi connectivity index (χ4v) is 1.87. The normalized spacial score (nSPS) is 33.0. The highest BCUT2D eigenvalue weighted by molar-refractivity contribution is 4.94. The fourth-order valence-electron chi connectivity index (χ4n) is 1.87. The molecule has 0 atom stereocenters. The molecule has 0 aliphatic heterocycles. The van der Waals surface area contributed by atoms with Crippen LogP contribution in [0.4, 0.5) is 13.2 Å². The Labute approximate surface area is 86.9 Å². The smallest absolute Gasteiger partial charge is 0.364 e. The van der Waals surface area contributed by atoms with Crippen molar-refractivity contribution in [1.29, 1.82) is 0 Å². The van der Waals surface area contributed by atoms with Crippen LogP contribution in [0.3, 0.4) is 0 Å². The van der Waals surface area contributed by atoms with Crippen LogP contribution in [0.25, 0.3) is 0 Å². The number of alkyl halides is 3. The molecule has 0 amide bonds. The van der Waals surface area contributed by atoms with Crippen molar-refractivity contribution in [2.45, 2.75) is 43.5 Å². The molecule has 6 heteroatoms. The highest BCUT2D eigenvalue weighted by atomic mass is 19.4. The van der Waals surface area contributed by atoms with Crippen molar-refractivity contribution in [2.24, 2.45) is 11.5 Å². The van der Waals surface area contributed by atoms with Crippen LogP contribution in [0, 0.1) is 0 Å². The number of hydrogen-bond donors (Lipinski definition) is 2. The van der Waals surface area contributed by atoms with Crippen LogP contribution in [0.5, 0.6) is 0 Å². The Morgan fingerprint density at radius 3 is 2.20 bits per heavy atom. The lowest BCUT2D eigenvalue weighted by molar-refractivity contribution is -0.287. The van der Waals surface area contributed by atoms with Crippen LogP contribution in [-0.4, -0.2) is 31.0 Å². The maximum Gasteiger partial charge on any atom is 0.417 e. The summed E-state index contributed by atoms with van der Waals surface area (Å²) < 4.78 is 43.4. The first-order chi connectivity index (χ1) is 6.91. The van der Waals surface area contributed by atoms with E-state index in [0.717, 1.165) is 0 Å². The van der Waals surface area contributed by atoms with E-state index in [-0.39, 0.29) is 32.0 Å².